The third-order valence-electron chi connectivity index (χ3n) is 3.89. The summed E-state index contributed by atoms with van der Waals surface area (Å²) in [5, 5.41) is 4.19. The summed E-state index contributed by atoms with van der Waals surface area (Å²) < 4.78 is 2.08. The van der Waals surface area contributed by atoms with Crippen molar-refractivity contribution in [3.63, 3.8) is 0 Å². The Labute approximate surface area is 113 Å². The van der Waals surface area contributed by atoms with Crippen molar-refractivity contribution >= 4 is 16.8 Å². The fraction of sp³-hybridized carbons (Fsp3) is 0.400. The zero-order valence-electron chi connectivity index (χ0n) is 11.9. The van der Waals surface area contributed by atoms with Crippen molar-refractivity contribution in [3.8, 4) is 0 Å². The largest absolute Gasteiger partial charge is 0.368 e. The van der Waals surface area contributed by atoms with E-state index in [9.17, 15) is 4.79 Å². The van der Waals surface area contributed by atoms with E-state index >= 15 is 0 Å². The molecular formula is C15H21N3O. The van der Waals surface area contributed by atoms with Gasteiger partial charge in [0.15, 0.2) is 0 Å². The standard InChI is InChI=1S/C15H21N3O/c1-15(2,13(17-3)14(16)19)11-9-18(4)12-8-6-5-7-10(11)12/h5-9,13,17H,1-4H3,(H2,16,19)/t13-/m1/s1. The minimum Gasteiger partial charge on any atom is -0.368 e. The molecule has 4 heteroatoms. The Kier molecular flexibility index (Phi) is 3.37. The maximum atomic E-state index is 11.6. The number of para-hydroxylation sites is 1. The maximum absolute atomic E-state index is 11.6. The molecule has 0 unspecified atom stereocenters. The zero-order valence-corrected chi connectivity index (χ0v) is 11.9. The molecule has 4 nitrogen and oxygen atoms in total. The molecule has 0 spiro atoms. The van der Waals surface area contributed by atoms with Gasteiger partial charge in [-0.3, -0.25) is 4.79 Å². The molecule has 2 rings (SSSR count). The van der Waals surface area contributed by atoms with Gasteiger partial charge in [-0.1, -0.05) is 32.0 Å². The van der Waals surface area contributed by atoms with Crippen molar-refractivity contribution in [1.82, 2.24) is 9.88 Å². The van der Waals surface area contributed by atoms with E-state index in [-0.39, 0.29) is 11.3 Å². The van der Waals surface area contributed by atoms with Crippen LogP contribution in [-0.2, 0) is 17.3 Å². The van der Waals surface area contributed by atoms with Crippen molar-refractivity contribution in [2.75, 3.05) is 7.05 Å². The summed E-state index contributed by atoms with van der Waals surface area (Å²) in [4.78, 5) is 11.6. The van der Waals surface area contributed by atoms with Gasteiger partial charge >= 0.3 is 0 Å². The molecule has 1 aromatic heterocycles. The van der Waals surface area contributed by atoms with E-state index in [2.05, 4.69) is 28.2 Å². The zero-order chi connectivity index (χ0) is 14.2. The molecule has 0 fully saturated rings. The lowest BCUT2D eigenvalue weighted by Crippen LogP contribution is -2.51. The Morgan fingerprint density at radius 3 is 2.58 bits per heavy atom. The number of aryl methyl sites for hydroxylation is 1. The molecular weight excluding hydrogens is 238 g/mol. The molecule has 0 saturated heterocycles. The summed E-state index contributed by atoms with van der Waals surface area (Å²) in [7, 11) is 3.78. The molecule has 1 aromatic carbocycles. The van der Waals surface area contributed by atoms with E-state index in [1.807, 2.05) is 33.0 Å². The van der Waals surface area contributed by atoms with Crippen LogP contribution in [0.25, 0.3) is 10.9 Å². The Bertz CT molecular complexity index is 613. The molecule has 2 aromatic rings. The first-order valence-electron chi connectivity index (χ1n) is 6.40. The summed E-state index contributed by atoms with van der Waals surface area (Å²) >= 11 is 0. The van der Waals surface area contributed by atoms with Crippen LogP contribution in [0.15, 0.2) is 30.5 Å². The second-order valence-corrected chi connectivity index (χ2v) is 5.52. The quantitative estimate of drug-likeness (QED) is 0.874. The van der Waals surface area contributed by atoms with Crippen LogP contribution in [0.5, 0.6) is 0 Å². The predicted octanol–water partition coefficient (Wildman–Crippen LogP) is 1.53. The molecule has 0 aliphatic heterocycles. The SMILES string of the molecule is CN[C@H](C(N)=O)C(C)(C)c1cn(C)c2ccccc12. The Hall–Kier alpha value is -1.81. The lowest BCUT2D eigenvalue weighted by molar-refractivity contribution is -0.121. The third kappa shape index (κ3) is 2.12. The third-order valence-corrected chi connectivity index (χ3v) is 3.89. The van der Waals surface area contributed by atoms with Gasteiger partial charge in [0.25, 0.3) is 0 Å². The number of benzene rings is 1. The number of carbonyl (C=O) groups is 1. The number of nitrogens with zero attached hydrogens (tertiary/aromatic N) is 1. The molecule has 1 atom stereocenters. The summed E-state index contributed by atoms with van der Waals surface area (Å²) in [5.41, 5.74) is 7.43. The van der Waals surface area contributed by atoms with Gasteiger partial charge in [-0.2, -0.15) is 0 Å². The first-order valence-corrected chi connectivity index (χ1v) is 6.40. The summed E-state index contributed by atoms with van der Waals surface area (Å²) in [6, 6.07) is 7.79. The molecule has 19 heavy (non-hydrogen) atoms. The van der Waals surface area contributed by atoms with Crippen LogP contribution < -0.4 is 11.1 Å². The highest BCUT2D eigenvalue weighted by Gasteiger charge is 2.36. The number of nitrogens with one attached hydrogen (secondary N) is 1. The van der Waals surface area contributed by atoms with Crippen LogP contribution in [0.3, 0.4) is 0 Å². The number of primary amides is 1. The Morgan fingerprint density at radius 1 is 1.37 bits per heavy atom. The van der Waals surface area contributed by atoms with E-state index in [4.69, 9.17) is 5.73 Å². The molecule has 0 radical (unpaired) electrons. The smallest absolute Gasteiger partial charge is 0.235 e. The van der Waals surface area contributed by atoms with Gasteiger partial charge in [0.05, 0.1) is 6.04 Å². The number of aromatic nitrogens is 1. The van der Waals surface area contributed by atoms with Crippen LogP contribution in [-0.4, -0.2) is 23.6 Å². The summed E-state index contributed by atoms with van der Waals surface area (Å²) in [5.74, 6) is -0.333. The molecule has 1 heterocycles. The van der Waals surface area contributed by atoms with Gasteiger partial charge in [-0.15, -0.1) is 0 Å². The second kappa shape index (κ2) is 4.70. The number of carbonyl (C=O) groups excluding carboxylic acids is 1. The van der Waals surface area contributed by atoms with Gasteiger partial charge in [0.2, 0.25) is 5.91 Å². The van der Waals surface area contributed by atoms with E-state index in [1.54, 1.807) is 7.05 Å². The highest BCUT2D eigenvalue weighted by atomic mass is 16.1. The Balaban J connectivity index is 2.63. The molecule has 0 saturated carbocycles. The lowest BCUT2D eigenvalue weighted by Gasteiger charge is -2.32. The van der Waals surface area contributed by atoms with Crippen LogP contribution in [0.4, 0.5) is 0 Å². The van der Waals surface area contributed by atoms with Crippen LogP contribution in [0, 0.1) is 0 Å². The van der Waals surface area contributed by atoms with Gasteiger partial charge in [-0.05, 0) is 18.7 Å². The van der Waals surface area contributed by atoms with Crippen molar-refractivity contribution in [2.24, 2.45) is 12.8 Å². The fourth-order valence-corrected chi connectivity index (χ4v) is 2.87. The molecule has 1 amide bonds. The van der Waals surface area contributed by atoms with E-state index < -0.39 is 6.04 Å². The topological polar surface area (TPSA) is 60.0 Å². The first-order chi connectivity index (χ1) is 8.89. The van der Waals surface area contributed by atoms with Crippen LogP contribution in [0.2, 0.25) is 0 Å². The number of rotatable bonds is 4. The lowest BCUT2D eigenvalue weighted by atomic mass is 9.77. The number of fused-ring (bicyclic) bond motifs is 1. The van der Waals surface area contributed by atoms with Gasteiger partial charge in [0.1, 0.15) is 0 Å². The minimum atomic E-state index is -0.404. The van der Waals surface area contributed by atoms with Gasteiger partial charge in [0, 0.05) is 29.6 Å². The minimum absolute atomic E-state index is 0.333. The van der Waals surface area contributed by atoms with E-state index in [0.717, 1.165) is 16.5 Å². The average Bonchev–Trinajstić information content (AvgIpc) is 2.68. The van der Waals surface area contributed by atoms with Crippen molar-refractivity contribution in [1.29, 1.82) is 0 Å². The number of amides is 1. The van der Waals surface area contributed by atoms with E-state index in [0.29, 0.717) is 0 Å². The number of hydrogen-bond donors (Lipinski definition) is 2. The molecule has 0 aliphatic rings. The van der Waals surface area contributed by atoms with Crippen molar-refractivity contribution in [3.05, 3.63) is 36.0 Å². The number of likely N-dealkylation sites (N-methyl/N-ethyl adjacent to an activating group) is 1. The highest BCUT2D eigenvalue weighted by molar-refractivity contribution is 5.88. The monoisotopic (exact) mass is 259 g/mol. The predicted molar refractivity (Wildman–Crippen MR) is 78.0 cm³/mol. The average molecular weight is 259 g/mol. The maximum Gasteiger partial charge on any atom is 0.235 e. The van der Waals surface area contributed by atoms with Crippen LogP contribution >= 0.6 is 0 Å². The van der Waals surface area contributed by atoms with Gasteiger partial charge in [-0.25, -0.2) is 0 Å². The Morgan fingerprint density at radius 2 is 2.00 bits per heavy atom. The first kappa shape index (κ1) is 13.6. The van der Waals surface area contributed by atoms with Crippen LogP contribution in [0.1, 0.15) is 19.4 Å². The molecule has 0 aliphatic carbocycles. The number of hydrogen-bond acceptors (Lipinski definition) is 2. The summed E-state index contributed by atoms with van der Waals surface area (Å²) in [6.45, 7) is 4.08. The van der Waals surface area contributed by atoms with Gasteiger partial charge < -0.3 is 15.6 Å². The van der Waals surface area contributed by atoms with Crippen molar-refractivity contribution < 1.29 is 4.79 Å². The normalized spacial score (nSPS) is 13.7. The van der Waals surface area contributed by atoms with Crippen molar-refractivity contribution in [2.45, 2.75) is 25.3 Å². The number of nitrogens with two attached hydrogens (primary N) is 1. The fourth-order valence-electron chi connectivity index (χ4n) is 2.87. The second-order valence-electron chi connectivity index (χ2n) is 5.52. The highest BCUT2D eigenvalue weighted by Crippen LogP contribution is 2.34. The van der Waals surface area contributed by atoms with E-state index in [1.165, 1.54) is 0 Å². The summed E-state index contributed by atoms with van der Waals surface area (Å²) in [6.07, 6.45) is 2.08. The molecule has 102 valence electrons. The molecule has 3 N–H and O–H groups in total. The molecule has 0 bridgehead atoms.